The molecule has 3 rings (SSSR count). The molecule has 0 saturated heterocycles. The molecule has 1 aromatic heterocycles. The Morgan fingerprint density at radius 1 is 0.957 bits per heavy atom. The third-order valence-corrected chi connectivity index (χ3v) is 4.85. The highest BCUT2D eigenvalue weighted by molar-refractivity contribution is 7.89. The van der Waals surface area contributed by atoms with Crippen LogP contribution in [-0.2, 0) is 10.0 Å². The molecule has 2 N–H and O–H groups in total. The van der Waals surface area contributed by atoms with Crippen molar-refractivity contribution in [3.05, 3.63) is 71.4 Å². The predicted molar refractivity (Wildman–Crippen MR) is 92.3 cm³/mol. The van der Waals surface area contributed by atoms with Crippen LogP contribution in [-0.4, -0.2) is 13.0 Å². The van der Waals surface area contributed by atoms with Crippen LogP contribution in [0.3, 0.4) is 0 Å². The quantitative estimate of drug-likeness (QED) is 0.784. The summed E-state index contributed by atoms with van der Waals surface area (Å²) in [4.78, 5) is 0.105. The Balaban J connectivity index is 2.27. The molecule has 0 aliphatic carbocycles. The van der Waals surface area contributed by atoms with Crippen LogP contribution in [0.2, 0.25) is 5.02 Å². The van der Waals surface area contributed by atoms with Crippen LogP contribution in [0, 0.1) is 6.92 Å². The normalized spacial score (nSPS) is 11.6. The van der Waals surface area contributed by atoms with Crippen molar-refractivity contribution in [1.82, 2.24) is 4.57 Å². The first-order valence-corrected chi connectivity index (χ1v) is 8.87. The van der Waals surface area contributed by atoms with E-state index in [-0.39, 0.29) is 4.90 Å². The van der Waals surface area contributed by atoms with Crippen molar-refractivity contribution in [3.63, 3.8) is 0 Å². The lowest BCUT2D eigenvalue weighted by Gasteiger charge is -2.14. The molecule has 0 aliphatic heterocycles. The number of hydrogen-bond donors (Lipinski definition) is 1. The summed E-state index contributed by atoms with van der Waals surface area (Å²) in [5, 5.41) is 6.00. The number of halogens is 1. The minimum Gasteiger partial charge on any atom is -0.314 e. The second kappa shape index (κ2) is 5.85. The average molecular weight is 347 g/mol. The van der Waals surface area contributed by atoms with Gasteiger partial charge in [-0.3, -0.25) is 0 Å². The van der Waals surface area contributed by atoms with E-state index in [0.29, 0.717) is 10.6 Å². The maximum atomic E-state index is 11.9. The van der Waals surface area contributed by atoms with Crippen LogP contribution < -0.4 is 5.14 Å². The van der Waals surface area contributed by atoms with Gasteiger partial charge in [0.15, 0.2) is 0 Å². The maximum Gasteiger partial charge on any atom is 0.238 e. The zero-order valence-corrected chi connectivity index (χ0v) is 14.0. The molecule has 2 aromatic carbocycles. The molecule has 6 heteroatoms. The molecule has 0 fully saturated rings. The third kappa shape index (κ3) is 3.03. The second-order valence-corrected chi connectivity index (χ2v) is 7.18. The molecular weight excluding hydrogens is 332 g/mol. The first-order chi connectivity index (χ1) is 10.9. The van der Waals surface area contributed by atoms with Gasteiger partial charge in [-0.1, -0.05) is 29.8 Å². The van der Waals surface area contributed by atoms with Gasteiger partial charge in [-0.2, -0.15) is 0 Å². The number of nitrogens with zero attached hydrogens (tertiary/aromatic N) is 1. The largest absolute Gasteiger partial charge is 0.314 e. The summed E-state index contributed by atoms with van der Waals surface area (Å²) < 4.78 is 25.7. The third-order valence-electron chi connectivity index (χ3n) is 3.63. The van der Waals surface area contributed by atoms with Crippen LogP contribution in [0.4, 0.5) is 0 Å². The van der Waals surface area contributed by atoms with Crippen molar-refractivity contribution < 1.29 is 8.42 Å². The Morgan fingerprint density at radius 3 is 2.26 bits per heavy atom. The van der Waals surface area contributed by atoms with Crippen molar-refractivity contribution in [2.24, 2.45) is 5.14 Å². The highest BCUT2D eigenvalue weighted by atomic mass is 35.5. The van der Waals surface area contributed by atoms with Crippen LogP contribution in [0.25, 0.3) is 16.9 Å². The Bertz CT molecular complexity index is 961. The Labute approximate surface area is 140 Å². The lowest BCUT2D eigenvalue weighted by molar-refractivity contribution is 0.598. The van der Waals surface area contributed by atoms with Crippen molar-refractivity contribution >= 4 is 21.6 Å². The molecular formula is C17H15ClN2O2S. The van der Waals surface area contributed by atoms with Gasteiger partial charge in [-0.05, 0) is 49.4 Å². The summed E-state index contributed by atoms with van der Waals surface area (Å²) >= 11 is 5.95. The first-order valence-electron chi connectivity index (χ1n) is 6.94. The zero-order chi connectivity index (χ0) is 16.6. The number of benzene rings is 2. The number of rotatable bonds is 3. The summed E-state index contributed by atoms with van der Waals surface area (Å²) in [5.74, 6) is 0. The monoisotopic (exact) mass is 346 g/mol. The van der Waals surface area contributed by atoms with Gasteiger partial charge in [0, 0.05) is 22.0 Å². The molecule has 118 valence electrons. The number of aromatic nitrogens is 1. The van der Waals surface area contributed by atoms with Crippen LogP contribution in [0.15, 0.2) is 65.6 Å². The van der Waals surface area contributed by atoms with E-state index in [4.69, 9.17) is 16.7 Å². The van der Waals surface area contributed by atoms with Crippen molar-refractivity contribution in [1.29, 1.82) is 0 Å². The van der Waals surface area contributed by atoms with E-state index in [0.717, 1.165) is 17.1 Å². The van der Waals surface area contributed by atoms with E-state index in [9.17, 15) is 8.42 Å². The van der Waals surface area contributed by atoms with E-state index >= 15 is 0 Å². The van der Waals surface area contributed by atoms with Gasteiger partial charge in [0.1, 0.15) is 0 Å². The average Bonchev–Trinajstić information content (AvgIpc) is 2.89. The summed E-state index contributed by atoms with van der Waals surface area (Å²) in [7, 11) is -3.81. The van der Waals surface area contributed by atoms with Crippen molar-refractivity contribution in [2.75, 3.05) is 0 Å². The molecule has 3 aromatic rings. The lowest BCUT2D eigenvalue weighted by atomic mass is 10.1. The molecule has 4 nitrogen and oxygen atoms in total. The van der Waals surface area contributed by atoms with E-state index < -0.39 is 10.0 Å². The van der Waals surface area contributed by atoms with E-state index in [2.05, 4.69) is 0 Å². The van der Waals surface area contributed by atoms with E-state index in [1.807, 2.05) is 35.8 Å². The van der Waals surface area contributed by atoms with Crippen molar-refractivity contribution in [2.45, 2.75) is 11.8 Å². The molecule has 0 atom stereocenters. The predicted octanol–water partition coefficient (Wildman–Crippen LogP) is 3.75. The Kier molecular flexibility index (Phi) is 4.02. The second-order valence-electron chi connectivity index (χ2n) is 5.21. The van der Waals surface area contributed by atoms with E-state index in [1.54, 1.807) is 30.3 Å². The Hall–Kier alpha value is -2.08. The summed E-state index contributed by atoms with van der Waals surface area (Å²) in [6, 6.07) is 17.9. The van der Waals surface area contributed by atoms with Gasteiger partial charge >= 0.3 is 0 Å². The van der Waals surface area contributed by atoms with Gasteiger partial charge in [0.05, 0.1) is 10.6 Å². The molecule has 0 saturated carbocycles. The number of aryl methyl sites for hydroxylation is 1. The van der Waals surface area contributed by atoms with Gasteiger partial charge in [0.2, 0.25) is 10.0 Å². The van der Waals surface area contributed by atoms with Gasteiger partial charge < -0.3 is 4.57 Å². The highest BCUT2D eigenvalue weighted by Gasteiger charge is 2.18. The lowest BCUT2D eigenvalue weighted by Crippen LogP contribution is -2.14. The molecule has 23 heavy (non-hydrogen) atoms. The first kappa shape index (κ1) is 15.8. The van der Waals surface area contributed by atoms with Gasteiger partial charge in [-0.25, -0.2) is 13.6 Å². The van der Waals surface area contributed by atoms with Crippen LogP contribution in [0.1, 0.15) is 5.69 Å². The summed E-state index contributed by atoms with van der Waals surface area (Å²) in [6.07, 6.45) is 0. The van der Waals surface area contributed by atoms with Gasteiger partial charge in [0.25, 0.3) is 0 Å². The fourth-order valence-corrected chi connectivity index (χ4v) is 3.48. The molecule has 0 amide bonds. The maximum absolute atomic E-state index is 11.9. The van der Waals surface area contributed by atoms with Crippen LogP contribution in [0.5, 0.6) is 0 Å². The molecule has 0 unspecified atom stereocenters. The SMILES string of the molecule is Cc1ccc(-c2ccccc2S(N)(=O)=O)n1-c1ccc(Cl)cc1. The molecule has 0 radical (unpaired) electrons. The Morgan fingerprint density at radius 2 is 1.61 bits per heavy atom. The summed E-state index contributed by atoms with van der Waals surface area (Å²) in [6.45, 7) is 1.96. The molecule has 0 spiro atoms. The molecule has 0 bridgehead atoms. The molecule has 1 heterocycles. The number of nitrogens with two attached hydrogens (primary N) is 1. The summed E-state index contributed by atoms with van der Waals surface area (Å²) in [5.41, 5.74) is 3.20. The zero-order valence-electron chi connectivity index (χ0n) is 12.4. The minimum absolute atomic E-state index is 0.105. The number of sulfonamides is 1. The van der Waals surface area contributed by atoms with Gasteiger partial charge in [-0.15, -0.1) is 0 Å². The number of primary sulfonamides is 1. The van der Waals surface area contributed by atoms with Crippen LogP contribution >= 0.6 is 11.6 Å². The number of hydrogen-bond acceptors (Lipinski definition) is 2. The van der Waals surface area contributed by atoms with E-state index in [1.165, 1.54) is 6.07 Å². The smallest absolute Gasteiger partial charge is 0.238 e. The minimum atomic E-state index is -3.81. The fraction of sp³-hybridized carbons (Fsp3) is 0.0588. The highest BCUT2D eigenvalue weighted by Crippen LogP contribution is 2.31. The van der Waals surface area contributed by atoms with Crippen molar-refractivity contribution in [3.8, 4) is 16.9 Å². The molecule has 0 aliphatic rings. The topological polar surface area (TPSA) is 65.1 Å². The fourth-order valence-electron chi connectivity index (χ4n) is 2.61. The standard InChI is InChI=1S/C17H15ClN2O2S/c1-12-6-11-16(20(12)14-9-7-13(18)8-10-14)15-4-2-3-5-17(15)23(19,21)22/h2-11H,1H3,(H2,19,21,22).